The van der Waals surface area contributed by atoms with E-state index in [4.69, 9.17) is 0 Å². The Kier molecular flexibility index (Phi) is 3.66. The largest absolute Gasteiger partial charge is 0.416 e. The maximum atomic E-state index is 12.4. The highest BCUT2D eigenvalue weighted by molar-refractivity contribution is 5.24. The standard InChI is InChI=1S/C14H18F3N/c1-13(8-2-3-9-13)18-10-11-4-6-12(7-5-11)14(15,16)17/h4-7,18H,2-3,8-10H2,1H3. The van der Waals surface area contributed by atoms with Crippen LogP contribution in [-0.4, -0.2) is 5.54 Å². The van der Waals surface area contributed by atoms with Crippen LogP contribution in [0.2, 0.25) is 0 Å². The average molecular weight is 257 g/mol. The summed E-state index contributed by atoms with van der Waals surface area (Å²) >= 11 is 0. The molecule has 1 saturated carbocycles. The fraction of sp³-hybridized carbons (Fsp3) is 0.571. The van der Waals surface area contributed by atoms with Crippen LogP contribution in [-0.2, 0) is 12.7 Å². The van der Waals surface area contributed by atoms with Crippen molar-refractivity contribution in [1.29, 1.82) is 0 Å². The van der Waals surface area contributed by atoms with Crippen molar-refractivity contribution in [3.63, 3.8) is 0 Å². The van der Waals surface area contributed by atoms with E-state index in [9.17, 15) is 13.2 Å². The zero-order valence-corrected chi connectivity index (χ0v) is 10.5. The van der Waals surface area contributed by atoms with E-state index in [0.29, 0.717) is 6.54 Å². The quantitative estimate of drug-likeness (QED) is 0.858. The van der Waals surface area contributed by atoms with Crippen molar-refractivity contribution in [3.8, 4) is 0 Å². The minimum absolute atomic E-state index is 0.155. The lowest BCUT2D eigenvalue weighted by molar-refractivity contribution is -0.137. The summed E-state index contributed by atoms with van der Waals surface area (Å²) < 4.78 is 37.2. The van der Waals surface area contributed by atoms with Crippen LogP contribution in [0.15, 0.2) is 24.3 Å². The minimum Gasteiger partial charge on any atom is -0.307 e. The second-order valence-electron chi connectivity index (χ2n) is 5.32. The Morgan fingerprint density at radius 1 is 1.11 bits per heavy atom. The summed E-state index contributed by atoms with van der Waals surface area (Å²) in [4.78, 5) is 0. The minimum atomic E-state index is -4.25. The molecule has 2 rings (SSSR count). The molecular formula is C14H18F3N. The van der Waals surface area contributed by atoms with Gasteiger partial charge in [-0.1, -0.05) is 25.0 Å². The maximum absolute atomic E-state index is 12.4. The van der Waals surface area contributed by atoms with Gasteiger partial charge in [0.1, 0.15) is 0 Å². The number of hydrogen-bond acceptors (Lipinski definition) is 1. The second-order valence-corrected chi connectivity index (χ2v) is 5.32. The Morgan fingerprint density at radius 3 is 2.17 bits per heavy atom. The Hall–Kier alpha value is -1.03. The summed E-state index contributed by atoms with van der Waals surface area (Å²) in [5.74, 6) is 0. The lowest BCUT2D eigenvalue weighted by atomic mass is 10.00. The maximum Gasteiger partial charge on any atom is 0.416 e. The molecule has 4 heteroatoms. The molecule has 0 bridgehead atoms. The number of alkyl halides is 3. The summed E-state index contributed by atoms with van der Waals surface area (Å²) in [5.41, 5.74) is 0.470. The van der Waals surface area contributed by atoms with Crippen LogP contribution >= 0.6 is 0 Å². The van der Waals surface area contributed by atoms with E-state index in [1.54, 1.807) is 12.1 Å². The lowest BCUT2D eigenvalue weighted by Crippen LogP contribution is -2.38. The molecule has 0 heterocycles. The van der Waals surface area contributed by atoms with Crippen molar-refractivity contribution < 1.29 is 13.2 Å². The molecule has 1 nitrogen and oxygen atoms in total. The highest BCUT2D eigenvalue weighted by Gasteiger charge is 2.30. The second kappa shape index (κ2) is 4.92. The SMILES string of the molecule is CC1(NCc2ccc(C(F)(F)F)cc2)CCCC1. The van der Waals surface area contributed by atoms with Gasteiger partial charge in [0.2, 0.25) is 0 Å². The van der Waals surface area contributed by atoms with Gasteiger partial charge in [-0.25, -0.2) is 0 Å². The Balaban J connectivity index is 1.94. The van der Waals surface area contributed by atoms with Gasteiger partial charge in [-0.3, -0.25) is 0 Å². The van der Waals surface area contributed by atoms with Gasteiger partial charge in [-0.05, 0) is 37.5 Å². The first-order valence-electron chi connectivity index (χ1n) is 6.30. The third kappa shape index (κ3) is 3.25. The van der Waals surface area contributed by atoms with E-state index >= 15 is 0 Å². The fourth-order valence-corrected chi connectivity index (χ4v) is 2.46. The van der Waals surface area contributed by atoms with Crippen molar-refractivity contribution in [1.82, 2.24) is 5.32 Å². The molecule has 1 N–H and O–H groups in total. The lowest BCUT2D eigenvalue weighted by Gasteiger charge is -2.25. The van der Waals surface area contributed by atoms with Gasteiger partial charge in [-0.15, -0.1) is 0 Å². The fourth-order valence-electron chi connectivity index (χ4n) is 2.46. The number of benzene rings is 1. The number of nitrogens with one attached hydrogen (secondary N) is 1. The number of halogens is 3. The van der Waals surface area contributed by atoms with E-state index in [1.807, 2.05) is 0 Å². The first-order valence-corrected chi connectivity index (χ1v) is 6.30. The summed E-state index contributed by atoms with van der Waals surface area (Å²) in [6.07, 6.45) is 0.512. The average Bonchev–Trinajstić information content (AvgIpc) is 2.74. The van der Waals surface area contributed by atoms with Crippen molar-refractivity contribution in [2.75, 3.05) is 0 Å². The highest BCUT2D eigenvalue weighted by atomic mass is 19.4. The molecule has 0 unspecified atom stereocenters. The third-order valence-corrected chi connectivity index (χ3v) is 3.71. The zero-order valence-electron chi connectivity index (χ0n) is 10.5. The van der Waals surface area contributed by atoms with Crippen LogP contribution in [0.5, 0.6) is 0 Å². The molecule has 1 aromatic carbocycles. The first kappa shape index (κ1) is 13.4. The molecule has 0 spiro atoms. The van der Waals surface area contributed by atoms with Gasteiger partial charge in [0.05, 0.1) is 5.56 Å². The Bertz CT molecular complexity index is 388. The van der Waals surface area contributed by atoms with Gasteiger partial charge in [-0.2, -0.15) is 13.2 Å². The molecule has 1 aromatic rings. The molecule has 0 radical (unpaired) electrons. The van der Waals surface area contributed by atoms with E-state index in [2.05, 4.69) is 12.2 Å². The molecule has 0 saturated heterocycles. The van der Waals surface area contributed by atoms with E-state index in [0.717, 1.165) is 30.5 Å². The molecule has 100 valence electrons. The summed E-state index contributed by atoms with van der Waals surface area (Å²) in [6, 6.07) is 5.39. The van der Waals surface area contributed by atoms with E-state index in [-0.39, 0.29) is 5.54 Å². The van der Waals surface area contributed by atoms with Crippen LogP contribution in [0.25, 0.3) is 0 Å². The van der Waals surface area contributed by atoms with Crippen molar-refractivity contribution in [3.05, 3.63) is 35.4 Å². The molecule has 1 fully saturated rings. The van der Waals surface area contributed by atoms with Gasteiger partial charge in [0.25, 0.3) is 0 Å². The van der Waals surface area contributed by atoms with Gasteiger partial charge < -0.3 is 5.32 Å². The predicted molar refractivity (Wildman–Crippen MR) is 65.2 cm³/mol. The van der Waals surface area contributed by atoms with Crippen molar-refractivity contribution >= 4 is 0 Å². The Labute approximate surface area is 105 Å². The molecule has 0 aliphatic heterocycles. The van der Waals surface area contributed by atoms with Gasteiger partial charge in [0.15, 0.2) is 0 Å². The van der Waals surface area contributed by atoms with E-state index in [1.165, 1.54) is 12.8 Å². The topological polar surface area (TPSA) is 12.0 Å². The van der Waals surface area contributed by atoms with E-state index < -0.39 is 11.7 Å². The van der Waals surface area contributed by atoms with Crippen molar-refractivity contribution in [2.24, 2.45) is 0 Å². The molecule has 0 aromatic heterocycles. The Morgan fingerprint density at radius 2 is 1.67 bits per heavy atom. The molecule has 1 aliphatic carbocycles. The van der Waals surface area contributed by atoms with Crippen LogP contribution in [0, 0.1) is 0 Å². The molecule has 1 aliphatic rings. The summed E-state index contributed by atoms with van der Waals surface area (Å²) in [6.45, 7) is 2.82. The van der Waals surface area contributed by atoms with Crippen LogP contribution in [0.4, 0.5) is 13.2 Å². The number of rotatable bonds is 3. The molecular weight excluding hydrogens is 239 g/mol. The number of hydrogen-bond donors (Lipinski definition) is 1. The highest BCUT2D eigenvalue weighted by Crippen LogP contribution is 2.30. The normalized spacial score (nSPS) is 19.1. The zero-order chi connectivity index (χ0) is 13.2. The molecule has 0 amide bonds. The third-order valence-electron chi connectivity index (χ3n) is 3.71. The van der Waals surface area contributed by atoms with Crippen LogP contribution in [0.1, 0.15) is 43.7 Å². The molecule has 0 atom stereocenters. The monoisotopic (exact) mass is 257 g/mol. The van der Waals surface area contributed by atoms with Crippen molar-refractivity contribution in [2.45, 2.75) is 50.9 Å². The summed E-state index contributed by atoms with van der Waals surface area (Å²) in [5, 5.41) is 3.45. The smallest absolute Gasteiger partial charge is 0.307 e. The van der Waals surface area contributed by atoms with Gasteiger partial charge >= 0.3 is 6.18 Å². The molecule has 18 heavy (non-hydrogen) atoms. The summed E-state index contributed by atoms with van der Waals surface area (Å²) in [7, 11) is 0. The van der Waals surface area contributed by atoms with Gasteiger partial charge in [0, 0.05) is 12.1 Å². The first-order chi connectivity index (χ1) is 8.39. The van der Waals surface area contributed by atoms with Crippen LogP contribution in [0.3, 0.4) is 0 Å². The van der Waals surface area contributed by atoms with Crippen LogP contribution < -0.4 is 5.32 Å². The predicted octanol–water partition coefficient (Wildman–Crippen LogP) is 4.13.